The first-order valence-corrected chi connectivity index (χ1v) is 12.3. The van der Waals surface area contributed by atoms with Gasteiger partial charge in [-0.1, -0.05) is 59.9 Å². The molecule has 0 bridgehead atoms. The van der Waals surface area contributed by atoms with Crippen molar-refractivity contribution >= 4 is 53.5 Å². The molecule has 0 amide bonds. The van der Waals surface area contributed by atoms with Crippen LogP contribution in [0.15, 0.2) is 61.9 Å². The zero-order valence-electron chi connectivity index (χ0n) is 17.3. The summed E-state index contributed by atoms with van der Waals surface area (Å²) in [6.45, 7) is 9.33. The first-order chi connectivity index (χ1) is 13.9. The fourth-order valence-electron chi connectivity index (χ4n) is 2.97. The van der Waals surface area contributed by atoms with Crippen molar-refractivity contribution in [2.75, 3.05) is 71.4 Å². The van der Waals surface area contributed by atoms with E-state index in [4.69, 9.17) is 0 Å². The van der Waals surface area contributed by atoms with Crippen LogP contribution in [-0.2, 0) is 0 Å². The number of hydrogen-bond donors (Lipinski definition) is 1. The van der Waals surface area contributed by atoms with E-state index in [2.05, 4.69) is 106 Å². The van der Waals surface area contributed by atoms with E-state index in [1.54, 1.807) is 0 Å². The van der Waals surface area contributed by atoms with E-state index in [1.165, 1.54) is 18.8 Å². The zero-order chi connectivity index (χ0) is 21.1. The lowest BCUT2D eigenvalue weighted by atomic mass is 10.2. The molecule has 7 heteroatoms. The van der Waals surface area contributed by atoms with Crippen molar-refractivity contribution in [3.63, 3.8) is 0 Å². The predicted molar refractivity (Wildman–Crippen MR) is 136 cm³/mol. The number of piperazine rings is 2. The molecule has 2 aromatic carbocycles. The van der Waals surface area contributed by atoms with Gasteiger partial charge in [-0.2, -0.15) is 0 Å². The molecule has 0 aromatic heterocycles. The van der Waals surface area contributed by atoms with Crippen LogP contribution in [0.4, 0.5) is 5.69 Å². The van der Waals surface area contributed by atoms with Crippen LogP contribution in [0, 0.1) is 0 Å². The highest BCUT2D eigenvalue weighted by atomic mass is 79.9. The number of anilines is 1. The molecule has 4 nitrogen and oxygen atoms in total. The van der Waals surface area contributed by atoms with Gasteiger partial charge in [-0.3, -0.25) is 0 Å². The molecule has 0 saturated carbocycles. The molecule has 0 atom stereocenters. The molecule has 2 saturated heterocycles. The van der Waals surface area contributed by atoms with E-state index in [-0.39, 0.29) is 0 Å². The second kappa shape index (κ2) is 13.8. The van der Waals surface area contributed by atoms with Crippen LogP contribution in [0.1, 0.15) is 0 Å². The van der Waals surface area contributed by atoms with Crippen LogP contribution < -0.4 is 10.2 Å². The Morgan fingerprint density at radius 2 is 1.14 bits per heavy atom. The minimum absolute atomic E-state index is 1.10. The molecular weight excluding hydrogens is 560 g/mol. The van der Waals surface area contributed by atoms with Crippen molar-refractivity contribution in [3.8, 4) is 0 Å². The second-order valence-electron chi connectivity index (χ2n) is 7.26. The normalized spacial score (nSPS) is 17.6. The van der Waals surface area contributed by atoms with Crippen molar-refractivity contribution in [1.82, 2.24) is 15.1 Å². The van der Waals surface area contributed by atoms with Crippen LogP contribution >= 0.6 is 47.8 Å². The third kappa shape index (κ3) is 10.4. The Hall–Kier alpha value is -0.440. The zero-order valence-corrected chi connectivity index (χ0v) is 22.0. The molecule has 2 aliphatic rings. The first kappa shape index (κ1) is 24.8. The van der Waals surface area contributed by atoms with Gasteiger partial charge in [-0.25, -0.2) is 0 Å². The average Bonchev–Trinajstić information content (AvgIpc) is 2.70. The number of likely N-dealkylation sites (N-methyl/N-ethyl adjacent to an activating group) is 2. The number of nitrogens with one attached hydrogen (secondary N) is 1. The smallest absolute Gasteiger partial charge is 0.0378 e. The maximum atomic E-state index is 3.50. The van der Waals surface area contributed by atoms with Gasteiger partial charge in [0.25, 0.3) is 0 Å². The third-order valence-corrected chi connectivity index (χ3v) is 6.28. The number of rotatable bonds is 1. The van der Waals surface area contributed by atoms with E-state index in [0.29, 0.717) is 0 Å². The lowest BCUT2D eigenvalue weighted by Gasteiger charge is -2.34. The van der Waals surface area contributed by atoms with Crippen molar-refractivity contribution in [3.05, 3.63) is 61.9 Å². The highest BCUT2D eigenvalue weighted by Crippen LogP contribution is 2.20. The van der Waals surface area contributed by atoms with Crippen LogP contribution in [0.25, 0.3) is 0 Å². The van der Waals surface area contributed by atoms with Crippen LogP contribution in [0.2, 0.25) is 0 Å². The second-order valence-corrected chi connectivity index (χ2v) is 10.0. The summed E-state index contributed by atoms with van der Waals surface area (Å²) < 4.78 is 3.37. The van der Waals surface area contributed by atoms with Crippen LogP contribution in [0.3, 0.4) is 0 Å². The van der Waals surface area contributed by atoms with Crippen molar-refractivity contribution in [2.24, 2.45) is 0 Å². The summed E-state index contributed by atoms with van der Waals surface area (Å²) in [5.74, 6) is 0. The molecule has 160 valence electrons. The quantitative estimate of drug-likeness (QED) is 0.508. The maximum absolute atomic E-state index is 3.50. The molecule has 0 unspecified atom stereocenters. The lowest BCUT2D eigenvalue weighted by Crippen LogP contribution is -2.44. The largest absolute Gasteiger partial charge is 0.369 e. The number of hydrogen-bond acceptors (Lipinski definition) is 4. The fourth-order valence-corrected chi connectivity index (χ4v) is 4.47. The Morgan fingerprint density at radius 3 is 1.55 bits per heavy atom. The van der Waals surface area contributed by atoms with Crippen molar-refractivity contribution in [2.45, 2.75) is 0 Å². The van der Waals surface area contributed by atoms with Gasteiger partial charge in [0.1, 0.15) is 0 Å². The Kier molecular flexibility index (Phi) is 11.8. The topological polar surface area (TPSA) is 21.8 Å². The lowest BCUT2D eigenvalue weighted by molar-refractivity contribution is 0.291. The van der Waals surface area contributed by atoms with Gasteiger partial charge in [-0.15, -0.1) is 0 Å². The monoisotopic (exact) mass is 588 g/mol. The van der Waals surface area contributed by atoms with E-state index >= 15 is 0 Å². The highest BCUT2D eigenvalue weighted by molar-refractivity contribution is 9.11. The van der Waals surface area contributed by atoms with Crippen molar-refractivity contribution < 1.29 is 0 Å². The molecule has 4 rings (SSSR count). The Labute approximate surface area is 201 Å². The summed E-state index contributed by atoms with van der Waals surface area (Å²) in [4.78, 5) is 7.13. The van der Waals surface area contributed by atoms with Gasteiger partial charge in [-0.05, 0) is 50.5 Å². The summed E-state index contributed by atoms with van der Waals surface area (Å²) in [6.07, 6.45) is 0. The Balaban J connectivity index is 0.000000170. The van der Waals surface area contributed by atoms with Gasteiger partial charge >= 0.3 is 0 Å². The number of benzene rings is 2. The van der Waals surface area contributed by atoms with E-state index in [0.717, 1.165) is 52.7 Å². The molecule has 2 heterocycles. The molecule has 2 aromatic rings. The van der Waals surface area contributed by atoms with Crippen LogP contribution in [0.5, 0.6) is 0 Å². The summed E-state index contributed by atoms with van der Waals surface area (Å²) in [6, 6.07) is 16.5. The minimum atomic E-state index is 1.10. The molecule has 0 spiro atoms. The van der Waals surface area contributed by atoms with E-state index in [9.17, 15) is 0 Å². The Morgan fingerprint density at radius 1 is 0.655 bits per heavy atom. The average molecular weight is 591 g/mol. The molecule has 2 fully saturated rings. The van der Waals surface area contributed by atoms with Gasteiger partial charge in [0.15, 0.2) is 0 Å². The predicted octanol–water partition coefficient (Wildman–Crippen LogP) is 4.93. The van der Waals surface area contributed by atoms with Crippen molar-refractivity contribution in [1.29, 1.82) is 0 Å². The maximum Gasteiger partial charge on any atom is 0.0378 e. The van der Waals surface area contributed by atoms with Gasteiger partial charge < -0.3 is 20.0 Å². The summed E-state index contributed by atoms with van der Waals surface area (Å²) in [7, 11) is 4.33. The van der Waals surface area contributed by atoms with Gasteiger partial charge in [0.05, 0.1) is 0 Å². The van der Waals surface area contributed by atoms with Gasteiger partial charge in [0, 0.05) is 71.5 Å². The summed E-state index contributed by atoms with van der Waals surface area (Å²) in [5.41, 5.74) is 1.33. The third-order valence-electron chi connectivity index (χ3n) is 4.80. The SMILES string of the molecule is Brc1cccc(Br)c1.CN1CCN(c2cccc(Br)c2)CC1.CN1CCNCC1. The molecular formula is C22H31Br3N4. The molecule has 0 radical (unpaired) electrons. The molecule has 1 N–H and O–H groups in total. The first-order valence-electron chi connectivity index (χ1n) is 9.93. The fraction of sp³-hybridized carbons (Fsp3) is 0.455. The molecule has 2 aliphatic heterocycles. The number of halogens is 3. The summed E-state index contributed by atoms with van der Waals surface area (Å²) in [5, 5.41) is 3.27. The number of nitrogens with zero attached hydrogens (tertiary/aromatic N) is 3. The van der Waals surface area contributed by atoms with Gasteiger partial charge in [0.2, 0.25) is 0 Å². The van der Waals surface area contributed by atoms with E-state index in [1.807, 2.05) is 24.3 Å². The highest BCUT2D eigenvalue weighted by Gasteiger charge is 2.13. The standard InChI is InChI=1S/C11H15BrN2.C6H4Br2.C5H12N2/c1-13-5-7-14(8-6-13)11-4-2-3-10(12)9-11;7-5-2-1-3-6(8)4-5;1-7-4-2-6-3-5-7/h2-4,9H,5-8H2,1H3;1-4H;6H,2-5H2,1H3. The Bertz CT molecular complexity index is 697. The van der Waals surface area contributed by atoms with Crippen LogP contribution in [-0.4, -0.2) is 76.3 Å². The molecule has 0 aliphatic carbocycles. The van der Waals surface area contributed by atoms with E-state index < -0.39 is 0 Å². The summed E-state index contributed by atoms with van der Waals surface area (Å²) >= 11 is 10.2. The molecule has 29 heavy (non-hydrogen) atoms. The minimum Gasteiger partial charge on any atom is -0.369 e.